The number of imidazole rings is 1. The van der Waals surface area contributed by atoms with Gasteiger partial charge in [0, 0.05) is 19.2 Å². The van der Waals surface area contributed by atoms with Gasteiger partial charge in [0.15, 0.2) is 11.2 Å². The Morgan fingerprint density at radius 2 is 1.93 bits per heavy atom. The van der Waals surface area contributed by atoms with E-state index in [2.05, 4.69) is 10.1 Å². The van der Waals surface area contributed by atoms with Crippen molar-refractivity contribution in [1.29, 1.82) is 0 Å². The number of aryl methyl sites for hydroxylation is 1. The third-order valence-electron chi connectivity index (χ3n) is 4.88. The lowest BCUT2D eigenvalue weighted by molar-refractivity contribution is 0.205. The van der Waals surface area contributed by atoms with Gasteiger partial charge in [-0.3, -0.25) is 18.5 Å². The van der Waals surface area contributed by atoms with Crippen molar-refractivity contribution >= 4 is 34.4 Å². The number of aromatic nitrogens is 4. The first-order chi connectivity index (χ1) is 13.9. The molecule has 0 saturated heterocycles. The fraction of sp³-hybridized carbons (Fsp3) is 0.368. The zero-order chi connectivity index (χ0) is 20.7. The van der Waals surface area contributed by atoms with E-state index in [9.17, 15) is 9.59 Å². The molecule has 0 amide bonds. The Morgan fingerprint density at radius 1 is 1.21 bits per heavy atom. The smallest absolute Gasteiger partial charge is 0.332 e. The van der Waals surface area contributed by atoms with Crippen LogP contribution in [-0.4, -0.2) is 44.7 Å². The van der Waals surface area contributed by atoms with Crippen molar-refractivity contribution in [3.05, 3.63) is 55.7 Å². The molecule has 0 radical (unpaired) electrons. The van der Waals surface area contributed by atoms with Crippen LogP contribution in [0.25, 0.3) is 11.2 Å². The summed E-state index contributed by atoms with van der Waals surface area (Å²) in [5.74, 6) is 0.527. The molecular weight excluding hydrogens is 396 g/mol. The number of benzene rings is 1. The zero-order valence-electron chi connectivity index (χ0n) is 16.4. The molecule has 29 heavy (non-hydrogen) atoms. The minimum absolute atomic E-state index is 0.152. The summed E-state index contributed by atoms with van der Waals surface area (Å²) in [4.78, 5) is 30.8. The largest absolute Gasteiger partial charge is 0.383 e. The van der Waals surface area contributed by atoms with E-state index in [1.165, 1.54) is 9.13 Å². The molecule has 152 valence electrons. The molecule has 4 rings (SSSR count). The molecule has 0 N–H and O–H groups in total. The molecule has 3 aromatic rings. The summed E-state index contributed by atoms with van der Waals surface area (Å²) in [6, 6.07) is 7.07. The van der Waals surface area contributed by atoms with Crippen LogP contribution in [0.2, 0.25) is 5.02 Å². The second-order valence-corrected chi connectivity index (χ2v) is 7.42. The second kappa shape index (κ2) is 7.49. The van der Waals surface area contributed by atoms with Gasteiger partial charge in [-0.2, -0.15) is 10.1 Å². The van der Waals surface area contributed by atoms with Gasteiger partial charge >= 0.3 is 5.69 Å². The number of ether oxygens (including phenoxy) is 1. The van der Waals surface area contributed by atoms with Crippen molar-refractivity contribution in [2.45, 2.75) is 20.0 Å². The summed E-state index contributed by atoms with van der Waals surface area (Å²) < 4.78 is 9.59. The maximum absolute atomic E-state index is 13.3. The van der Waals surface area contributed by atoms with Gasteiger partial charge in [0.05, 0.1) is 32.0 Å². The number of methoxy groups -OCH3 is 1. The Morgan fingerprint density at radius 3 is 2.62 bits per heavy atom. The molecule has 9 nitrogen and oxygen atoms in total. The molecule has 1 aliphatic rings. The number of hydrogen-bond donors (Lipinski definition) is 0. The van der Waals surface area contributed by atoms with Crippen molar-refractivity contribution in [3.8, 4) is 0 Å². The van der Waals surface area contributed by atoms with Crippen molar-refractivity contribution in [2.75, 3.05) is 25.3 Å². The average Bonchev–Trinajstić information content (AvgIpc) is 3.08. The van der Waals surface area contributed by atoms with Crippen LogP contribution in [0.4, 0.5) is 5.95 Å². The van der Waals surface area contributed by atoms with E-state index >= 15 is 0 Å². The molecule has 10 heteroatoms. The maximum Gasteiger partial charge on any atom is 0.332 e. The lowest BCUT2D eigenvalue weighted by Gasteiger charge is -2.24. The van der Waals surface area contributed by atoms with Gasteiger partial charge in [0.25, 0.3) is 5.56 Å². The van der Waals surface area contributed by atoms with Crippen molar-refractivity contribution in [1.82, 2.24) is 18.7 Å². The molecule has 3 heterocycles. The lowest BCUT2D eigenvalue weighted by Crippen LogP contribution is -2.40. The topological polar surface area (TPSA) is 86.7 Å². The molecule has 1 aliphatic heterocycles. The standard InChI is InChI=1S/C19H21ClN6O3/c1-12-10-24-15-16(21-18(24)26(22-12)8-9-29-3)23(2)19(28)25(17(15)27)11-13-4-6-14(20)7-5-13/h4-7H,8-11H2,1-3H3. The summed E-state index contributed by atoms with van der Waals surface area (Å²) >= 11 is 5.94. The molecular formula is C19H21ClN6O3. The van der Waals surface area contributed by atoms with E-state index < -0.39 is 5.69 Å². The summed E-state index contributed by atoms with van der Waals surface area (Å²) in [5, 5.41) is 6.82. The van der Waals surface area contributed by atoms with Gasteiger partial charge in [-0.1, -0.05) is 23.7 Å². The lowest BCUT2D eigenvalue weighted by atomic mass is 10.2. The molecule has 0 saturated carbocycles. The minimum Gasteiger partial charge on any atom is -0.383 e. The van der Waals surface area contributed by atoms with Crippen LogP contribution in [0.5, 0.6) is 0 Å². The fourth-order valence-corrected chi connectivity index (χ4v) is 3.58. The second-order valence-electron chi connectivity index (χ2n) is 6.98. The fourth-order valence-electron chi connectivity index (χ4n) is 3.46. The van der Waals surface area contributed by atoms with Crippen LogP contribution in [-0.2, 0) is 24.9 Å². The third-order valence-corrected chi connectivity index (χ3v) is 5.13. The van der Waals surface area contributed by atoms with Crippen LogP contribution in [0, 0.1) is 0 Å². The van der Waals surface area contributed by atoms with E-state index in [-0.39, 0.29) is 12.1 Å². The normalized spacial score (nSPS) is 13.7. The summed E-state index contributed by atoms with van der Waals surface area (Å²) in [5.41, 5.74) is 1.57. The Labute approximate surface area is 171 Å². The Balaban J connectivity index is 1.89. The highest BCUT2D eigenvalue weighted by atomic mass is 35.5. The van der Waals surface area contributed by atoms with Crippen molar-refractivity contribution in [2.24, 2.45) is 12.1 Å². The first-order valence-electron chi connectivity index (χ1n) is 9.15. The van der Waals surface area contributed by atoms with Gasteiger partial charge in [0.1, 0.15) is 0 Å². The molecule has 1 aromatic carbocycles. The first kappa shape index (κ1) is 19.4. The highest BCUT2D eigenvalue weighted by molar-refractivity contribution is 6.30. The third kappa shape index (κ3) is 3.36. The molecule has 0 spiro atoms. The number of rotatable bonds is 5. The Bertz CT molecular complexity index is 1220. The maximum atomic E-state index is 13.3. The number of hydrogen-bond acceptors (Lipinski definition) is 6. The Hall–Kier alpha value is -2.91. The SMILES string of the molecule is COCCN1N=C(C)Cn2c1nc1c2c(=O)n(Cc2ccc(Cl)cc2)c(=O)n1C. The van der Waals surface area contributed by atoms with Gasteiger partial charge in [-0.15, -0.1) is 0 Å². The van der Waals surface area contributed by atoms with Gasteiger partial charge in [-0.25, -0.2) is 9.80 Å². The highest BCUT2D eigenvalue weighted by Gasteiger charge is 2.26. The quantitative estimate of drug-likeness (QED) is 0.628. The summed E-state index contributed by atoms with van der Waals surface area (Å²) in [7, 11) is 3.23. The van der Waals surface area contributed by atoms with E-state index in [0.717, 1.165) is 11.3 Å². The predicted molar refractivity (Wildman–Crippen MR) is 112 cm³/mol. The number of halogens is 1. The van der Waals surface area contributed by atoms with Crippen LogP contribution in [0.1, 0.15) is 12.5 Å². The summed E-state index contributed by atoms with van der Waals surface area (Å²) in [6.07, 6.45) is 0. The number of hydrazone groups is 1. The first-order valence-corrected chi connectivity index (χ1v) is 9.53. The van der Waals surface area contributed by atoms with E-state index in [1.807, 2.05) is 11.5 Å². The van der Waals surface area contributed by atoms with E-state index in [1.54, 1.807) is 43.4 Å². The minimum atomic E-state index is -0.422. The van der Waals surface area contributed by atoms with Gasteiger partial charge < -0.3 is 4.74 Å². The van der Waals surface area contributed by atoms with E-state index in [4.69, 9.17) is 16.3 Å². The van der Waals surface area contributed by atoms with Crippen molar-refractivity contribution in [3.63, 3.8) is 0 Å². The number of nitrogens with zero attached hydrogens (tertiary/aromatic N) is 6. The number of anilines is 1. The van der Waals surface area contributed by atoms with Crippen molar-refractivity contribution < 1.29 is 4.74 Å². The van der Waals surface area contributed by atoms with Crippen LogP contribution < -0.4 is 16.3 Å². The van der Waals surface area contributed by atoms with E-state index in [0.29, 0.717) is 41.8 Å². The van der Waals surface area contributed by atoms with Crippen LogP contribution in [0.15, 0.2) is 39.0 Å². The zero-order valence-corrected chi connectivity index (χ0v) is 17.2. The summed E-state index contributed by atoms with van der Waals surface area (Å²) in [6.45, 7) is 3.43. The Kier molecular flexibility index (Phi) is 5.01. The van der Waals surface area contributed by atoms with Crippen LogP contribution >= 0.6 is 11.6 Å². The molecule has 0 bridgehead atoms. The highest BCUT2D eigenvalue weighted by Crippen LogP contribution is 2.23. The van der Waals surface area contributed by atoms with Gasteiger partial charge in [0.2, 0.25) is 5.95 Å². The monoisotopic (exact) mass is 416 g/mol. The predicted octanol–water partition coefficient (Wildman–Crippen LogP) is 1.44. The molecule has 0 fully saturated rings. The van der Waals surface area contributed by atoms with Gasteiger partial charge in [-0.05, 0) is 24.6 Å². The molecule has 0 aliphatic carbocycles. The molecule has 0 unspecified atom stereocenters. The van der Waals surface area contributed by atoms with Crippen LogP contribution in [0.3, 0.4) is 0 Å². The molecule has 2 aromatic heterocycles. The average molecular weight is 417 g/mol. The number of fused-ring (bicyclic) bond motifs is 3. The molecule has 0 atom stereocenters.